The third-order valence-corrected chi connectivity index (χ3v) is 4.51. The van der Waals surface area contributed by atoms with Crippen LogP contribution in [0.15, 0.2) is 23.1 Å². The summed E-state index contributed by atoms with van der Waals surface area (Å²) in [5, 5.41) is 9.02. The number of anilines is 1. The van der Waals surface area contributed by atoms with Gasteiger partial charge < -0.3 is 24.2 Å². The fourth-order valence-electron chi connectivity index (χ4n) is 2.99. The van der Waals surface area contributed by atoms with Crippen LogP contribution in [0.25, 0.3) is 10.9 Å². The zero-order valence-electron chi connectivity index (χ0n) is 23.2. The van der Waals surface area contributed by atoms with Gasteiger partial charge in [0, 0.05) is 43.6 Å². The van der Waals surface area contributed by atoms with Gasteiger partial charge in [0.15, 0.2) is 0 Å². The van der Waals surface area contributed by atoms with Crippen molar-refractivity contribution in [2.45, 2.75) is 25.8 Å². The molecule has 1 aliphatic heterocycles. The second kappa shape index (κ2) is 7.38. The number of carboxylic acids is 1. The Bertz CT molecular complexity index is 1350. The number of aromatic nitrogens is 1. The summed E-state index contributed by atoms with van der Waals surface area (Å²) in [5.74, 6) is -2.98. The van der Waals surface area contributed by atoms with Crippen molar-refractivity contribution < 1.29 is 34.8 Å². The highest BCUT2D eigenvalue weighted by molar-refractivity contribution is 5.93. The molecule has 29 heavy (non-hydrogen) atoms. The number of fused-ring (bicyclic) bond motifs is 1. The molecule has 1 aromatic heterocycles. The second-order valence-electron chi connectivity index (χ2n) is 6.45. The predicted molar refractivity (Wildman–Crippen MR) is 104 cm³/mol. The molecule has 2 aliphatic rings. The van der Waals surface area contributed by atoms with Crippen LogP contribution < -0.4 is 10.3 Å². The highest BCUT2D eigenvalue weighted by Crippen LogP contribution is 2.38. The number of carbonyl (C=O) groups is 2. The first-order valence-electron chi connectivity index (χ1n) is 12.8. The summed E-state index contributed by atoms with van der Waals surface area (Å²) in [5.41, 5.74) is -2.67. The Labute approximate surface area is 177 Å². The number of benzene rings is 1. The summed E-state index contributed by atoms with van der Waals surface area (Å²) in [6, 6.07) is 1.18. The van der Waals surface area contributed by atoms with Crippen LogP contribution in [0.5, 0.6) is 0 Å². The molecule has 0 radical (unpaired) electrons. The van der Waals surface area contributed by atoms with Gasteiger partial charge in [0.1, 0.15) is 11.4 Å². The molecule has 1 saturated heterocycles. The first-order valence-corrected chi connectivity index (χ1v) is 8.82. The molecule has 0 unspecified atom stereocenters. The molecule has 1 aliphatic carbocycles. The van der Waals surface area contributed by atoms with Crippen molar-refractivity contribution in [1.29, 1.82) is 0 Å². The van der Waals surface area contributed by atoms with Crippen LogP contribution in [-0.4, -0.2) is 59.2 Å². The Morgan fingerprint density at radius 1 is 1.28 bits per heavy atom. The molecule has 2 fully saturated rings. The van der Waals surface area contributed by atoms with Crippen LogP contribution in [0.2, 0.25) is 0 Å². The first kappa shape index (κ1) is 11.8. The number of nitrogens with zero attached hydrogens (tertiary/aromatic N) is 3. The fraction of sp³-hybridized carbons (Fsp3) is 0.450. The van der Waals surface area contributed by atoms with Crippen LogP contribution in [0.1, 0.15) is 47.1 Å². The molecule has 2 heterocycles. The fourth-order valence-corrected chi connectivity index (χ4v) is 2.99. The number of pyridine rings is 1. The Morgan fingerprint density at radius 3 is 2.55 bits per heavy atom. The van der Waals surface area contributed by atoms with Gasteiger partial charge >= 0.3 is 12.1 Å². The molecule has 0 bridgehead atoms. The molecule has 9 heteroatoms. The van der Waals surface area contributed by atoms with Gasteiger partial charge in [-0.05, 0) is 31.9 Å². The maximum atomic E-state index is 15.5. The van der Waals surface area contributed by atoms with Gasteiger partial charge in [0.2, 0.25) is 5.43 Å². The monoisotopic (exact) mass is 411 g/mol. The number of hydrogen-bond acceptors (Lipinski definition) is 5. The lowest BCUT2D eigenvalue weighted by Gasteiger charge is -2.35. The Balaban J connectivity index is 2.02. The number of carboxylic acid groups (broad SMARTS) is 1. The Hall–Kier alpha value is -3.10. The number of amides is 1. The minimum atomic E-state index is -3.58. The van der Waals surface area contributed by atoms with E-state index >= 15 is 4.39 Å². The molecular weight excluding hydrogens is 381 g/mol. The van der Waals surface area contributed by atoms with Gasteiger partial charge in [-0.15, -0.1) is 0 Å². The zero-order chi connectivity index (χ0) is 27.9. The van der Waals surface area contributed by atoms with Crippen molar-refractivity contribution >= 4 is 28.7 Å². The summed E-state index contributed by atoms with van der Waals surface area (Å²) < 4.78 is 88.5. The normalized spacial score (nSPS) is 27.9. The lowest BCUT2D eigenvalue weighted by Crippen LogP contribution is -2.49. The van der Waals surface area contributed by atoms with Gasteiger partial charge in [-0.1, -0.05) is 0 Å². The highest BCUT2D eigenvalue weighted by Gasteiger charge is 2.29. The SMILES string of the molecule is [2H]C1([2H])N(C(=O)OCC)C([2H])([2H])C([2H])([2H])N(c2cc3c(cc2F)c(=O)c(C(=O)O)cn3C2CC2)C1([2H])[2H]. The molecule has 154 valence electrons. The van der Waals surface area contributed by atoms with Crippen molar-refractivity contribution in [1.82, 2.24) is 9.47 Å². The first-order chi connectivity index (χ1) is 16.9. The van der Waals surface area contributed by atoms with E-state index in [-0.39, 0.29) is 33.4 Å². The number of hydrogen-bond donors (Lipinski definition) is 1. The van der Waals surface area contributed by atoms with Crippen LogP contribution in [-0.2, 0) is 4.74 Å². The minimum Gasteiger partial charge on any atom is -0.477 e. The van der Waals surface area contributed by atoms with Crippen molar-refractivity contribution in [2.24, 2.45) is 0 Å². The molecule has 1 saturated carbocycles. The summed E-state index contributed by atoms with van der Waals surface area (Å²) >= 11 is 0. The van der Waals surface area contributed by atoms with Crippen molar-refractivity contribution in [2.75, 3.05) is 37.5 Å². The zero-order valence-corrected chi connectivity index (χ0v) is 15.2. The largest absolute Gasteiger partial charge is 0.477 e. The number of rotatable bonds is 4. The van der Waals surface area contributed by atoms with Crippen LogP contribution in [0.4, 0.5) is 14.9 Å². The quantitative estimate of drug-likeness (QED) is 0.831. The van der Waals surface area contributed by atoms with E-state index in [0.29, 0.717) is 18.9 Å². The molecule has 0 spiro atoms. The molecule has 8 nitrogen and oxygen atoms in total. The minimum absolute atomic E-state index is 0.0721. The van der Waals surface area contributed by atoms with Crippen LogP contribution in [0.3, 0.4) is 0 Å². The van der Waals surface area contributed by atoms with E-state index < -0.39 is 60.5 Å². The summed E-state index contributed by atoms with van der Waals surface area (Å²) in [7, 11) is 0. The van der Waals surface area contributed by atoms with E-state index in [9.17, 15) is 19.5 Å². The van der Waals surface area contributed by atoms with Crippen molar-refractivity contribution in [3.8, 4) is 0 Å². The van der Waals surface area contributed by atoms with Gasteiger partial charge in [0.05, 0.1) is 28.8 Å². The van der Waals surface area contributed by atoms with E-state index in [2.05, 4.69) is 4.74 Å². The third kappa shape index (κ3) is 3.52. The average molecular weight is 411 g/mol. The lowest BCUT2D eigenvalue weighted by molar-refractivity contribution is 0.0694. The number of halogens is 1. The maximum Gasteiger partial charge on any atom is 0.409 e. The Kier molecular flexibility index (Phi) is 3.00. The predicted octanol–water partition coefficient (Wildman–Crippen LogP) is 2.45. The number of aromatic carboxylic acids is 1. The topological polar surface area (TPSA) is 92.1 Å². The molecule has 1 amide bonds. The number of carbonyl (C=O) groups excluding carboxylic acids is 1. The Morgan fingerprint density at radius 2 is 1.97 bits per heavy atom. The number of ether oxygens (including phenoxy) is 1. The van der Waals surface area contributed by atoms with Gasteiger partial charge in [-0.3, -0.25) is 4.79 Å². The maximum absolute atomic E-state index is 15.5. The van der Waals surface area contributed by atoms with Crippen molar-refractivity contribution in [3.63, 3.8) is 0 Å². The van der Waals surface area contributed by atoms with E-state index in [0.717, 1.165) is 12.3 Å². The van der Waals surface area contributed by atoms with Crippen LogP contribution >= 0.6 is 0 Å². The van der Waals surface area contributed by atoms with Crippen LogP contribution in [0, 0.1) is 5.82 Å². The molecular formula is C20H22FN3O5. The van der Waals surface area contributed by atoms with Crippen molar-refractivity contribution in [3.05, 3.63) is 39.9 Å². The van der Waals surface area contributed by atoms with Gasteiger partial charge in [0.25, 0.3) is 0 Å². The molecule has 1 aromatic carbocycles. The standard InChI is InChI=1S/C20H22FN3O5/c1-2-29-20(28)23-7-5-22(6-8-23)17-10-16-13(9-15(17)21)18(25)14(19(26)27)11-24(16)12-3-4-12/h9-12H,2-8H2,1H3,(H,26,27)/i5D2,6D2,7D2,8D2. The summed E-state index contributed by atoms with van der Waals surface area (Å²) in [6.07, 6.45) is 0.573. The third-order valence-electron chi connectivity index (χ3n) is 4.51. The molecule has 2 aromatic rings. The lowest BCUT2D eigenvalue weighted by atomic mass is 10.1. The van der Waals surface area contributed by atoms with E-state index in [1.807, 2.05) is 0 Å². The van der Waals surface area contributed by atoms with Gasteiger partial charge in [-0.25, -0.2) is 14.0 Å². The van der Waals surface area contributed by atoms with E-state index in [1.165, 1.54) is 11.5 Å². The molecule has 4 rings (SSSR count). The molecule has 0 atom stereocenters. The second-order valence-corrected chi connectivity index (χ2v) is 6.45. The highest BCUT2D eigenvalue weighted by atomic mass is 19.1. The van der Waals surface area contributed by atoms with Gasteiger partial charge in [-0.2, -0.15) is 0 Å². The molecule has 1 N–H and O–H groups in total. The van der Waals surface area contributed by atoms with E-state index in [1.54, 1.807) is 0 Å². The van der Waals surface area contributed by atoms with E-state index in [4.69, 9.17) is 11.0 Å². The summed E-state index contributed by atoms with van der Waals surface area (Å²) in [4.78, 5) is 36.4. The smallest absolute Gasteiger partial charge is 0.409 e. The number of piperazine rings is 1. The average Bonchev–Trinajstić information content (AvgIpc) is 3.58. The summed E-state index contributed by atoms with van der Waals surface area (Å²) in [6.45, 7) is -13.3.